The van der Waals surface area contributed by atoms with Gasteiger partial charge in [0.1, 0.15) is 0 Å². The van der Waals surface area contributed by atoms with Gasteiger partial charge in [-0.2, -0.15) is 0 Å². The van der Waals surface area contributed by atoms with Gasteiger partial charge in [0, 0.05) is 19.1 Å². The Hall–Kier alpha value is -0.770. The van der Waals surface area contributed by atoms with Gasteiger partial charge < -0.3 is 15.0 Å². The van der Waals surface area contributed by atoms with Crippen molar-refractivity contribution in [2.45, 2.75) is 39.2 Å². The molecule has 1 N–H and O–H groups in total. The first-order valence-corrected chi connectivity index (χ1v) is 5.93. The van der Waals surface area contributed by atoms with Crippen LogP contribution in [0.1, 0.15) is 33.1 Å². The lowest BCUT2D eigenvalue weighted by Crippen LogP contribution is -2.45. The van der Waals surface area contributed by atoms with Gasteiger partial charge in [-0.05, 0) is 33.2 Å². The first-order valence-electron chi connectivity index (χ1n) is 5.93. The van der Waals surface area contributed by atoms with E-state index in [1.807, 2.05) is 13.8 Å². The van der Waals surface area contributed by atoms with E-state index in [-0.39, 0.29) is 6.09 Å². The number of piperidine rings is 1. The number of carbonyl (C=O) groups is 1. The SMILES string of the molecule is CCOC(=O)N(CC)CC1CCCCN1. The van der Waals surface area contributed by atoms with Crippen LogP contribution in [0.15, 0.2) is 0 Å². The highest BCUT2D eigenvalue weighted by atomic mass is 16.6. The van der Waals surface area contributed by atoms with Crippen LogP contribution in [0.5, 0.6) is 0 Å². The van der Waals surface area contributed by atoms with Crippen LogP contribution in [-0.2, 0) is 4.74 Å². The Kier molecular flexibility index (Phi) is 5.47. The number of nitrogens with zero attached hydrogens (tertiary/aromatic N) is 1. The van der Waals surface area contributed by atoms with Gasteiger partial charge in [-0.15, -0.1) is 0 Å². The number of rotatable bonds is 4. The molecule has 0 radical (unpaired) electrons. The Bertz CT molecular complexity index is 191. The molecule has 15 heavy (non-hydrogen) atoms. The average Bonchev–Trinajstić information content (AvgIpc) is 2.27. The lowest BCUT2D eigenvalue weighted by molar-refractivity contribution is 0.103. The fraction of sp³-hybridized carbons (Fsp3) is 0.909. The number of ether oxygens (including phenoxy) is 1. The second-order valence-corrected chi connectivity index (χ2v) is 3.88. The minimum absolute atomic E-state index is 0.188. The van der Waals surface area contributed by atoms with E-state index in [0.717, 1.165) is 26.1 Å². The zero-order valence-electron chi connectivity index (χ0n) is 9.79. The van der Waals surface area contributed by atoms with Gasteiger partial charge in [-0.1, -0.05) is 6.42 Å². The van der Waals surface area contributed by atoms with E-state index in [9.17, 15) is 4.79 Å². The molecule has 1 aliphatic heterocycles. The molecule has 0 aromatic heterocycles. The molecule has 1 amide bonds. The molecular weight excluding hydrogens is 192 g/mol. The summed E-state index contributed by atoms with van der Waals surface area (Å²) in [7, 11) is 0. The van der Waals surface area contributed by atoms with Crippen molar-refractivity contribution in [2.75, 3.05) is 26.2 Å². The zero-order chi connectivity index (χ0) is 11.1. The minimum atomic E-state index is -0.188. The first-order chi connectivity index (χ1) is 7.27. The second-order valence-electron chi connectivity index (χ2n) is 3.88. The molecule has 1 aliphatic rings. The molecule has 0 saturated carbocycles. The number of hydrogen-bond donors (Lipinski definition) is 1. The van der Waals surface area contributed by atoms with E-state index in [1.54, 1.807) is 4.90 Å². The van der Waals surface area contributed by atoms with Crippen LogP contribution in [0, 0.1) is 0 Å². The molecule has 4 heteroatoms. The molecule has 88 valence electrons. The van der Waals surface area contributed by atoms with E-state index in [4.69, 9.17) is 4.74 Å². The fourth-order valence-electron chi connectivity index (χ4n) is 1.89. The van der Waals surface area contributed by atoms with Gasteiger partial charge in [0.05, 0.1) is 6.61 Å². The van der Waals surface area contributed by atoms with Gasteiger partial charge in [0.25, 0.3) is 0 Å². The van der Waals surface area contributed by atoms with Crippen molar-refractivity contribution in [1.82, 2.24) is 10.2 Å². The molecular formula is C11H22N2O2. The maximum absolute atomic E-state index is 11.5. The van der Waals surface area contributed by atoms with E-state index < -0.39 is 0 Å². The van der Waals surface area contributed by atoms with E-state index in [2.05, 4.69) is 5.32 Å². The minimum Gasteiger partial charge on any atom is -0.450 e. The highest BCUT2D eigenvalue weighted by Gasteiger charge is 2.19. The van der Waals surface area contributed by atoms with Gasteiger partial charge in [0.15, 0.2) is 0 Å². The fourth-order valence-corrected chi connectivity index (χ4v) is 1.89. The number of amides is 1. The third kappa shape index (κ3) is 4.08. The van der Waals surface area contributed by atoms with Crippen LogP contribution < -0.4 is 5.32 Å². The Labute approximate surface area is 92.0 Å². The summed E-state index contributed by atoms with van der Waals surface area (Å²) in [6.45, 7) is 6.84. The maximum Gasteiger partial charge on any atom is 0.409 e. The van der Waals surface area contributed by atoms with Crippen molar-refractivity contribution < 1.29 is 9.53 Å². The van der Waals surface area contributed by atoms with Crippen LogP contribution in [0.4, 0.5) is 4.79 Å². The third-order valence-electron chi connectivity index (χ3n) is 2.76. The smallest absolute Gasteiger partial charge is 0.409 e. The molecule has 0 bridgehead atoms. The Morgan fingerprint density at radius 2 is 2.27 bits per heavy atom. The van der Waals surface area contributed by atoms with Crippen LogP contribution in [-0.4, -0.2) is 43.3 Å². The highest BCUT2D eigenvalue weighted by Crippen LogP contribution is 2.09. The van der Waals surface area contributed by atoms with Crippen LogP contribution in [0.3, 0.4) is 0 Å². The van der Waals surface area contributed by atoms with Crippen LogP contribution >= 0.6 is 0 Å². The summed E-state index contributed by atoms with van der Waals surface area (Å²) in [5, 5.41) is 3.43. The lowest BCUT2D eigenvalue weighted by atomic mass is 10.0. The molecule has 0 aromatic carbocycles. The normalized spacial score (nSPS) is 21.1. The largest absolute Gasteiger partial charge is 0.450 e. The molecule has 1 saturated heterocycles. The summed E-state index contributed by atoms with van der Waals surface area (Å²) in [5.74, 6) is 0. The van der Waals surface area contributed by atoms with E-state index in [0.29, 0.717) is 12.6 Å². The zero-order valence-corrected chi connectivity index (χ0v) is 9.79. The molecule has 0 aliphatic carbocycles. The summed E-state index contributed by atoms with van der Waals surface area (Å²) in [6.07, 6.45) is 3.49. The quantitative estimate of drug-likeness (QED) is 0.773. The predicted octanol–water partition coefficient (Wildman–Crippen LogP) is 1.61. The van der Waals surface area contributed by atoms with Gasteiger partial charge in [-0.25, -0.2) is 4.79 Å². The molecule has 1 atom stereocenters. The van der Waals surface area contributed by atoms with Crippen molar-refractivity contribution in [2.24, 2.45) is 0 Å². The number of likely N-dealkylation sites (N-methyl/N-ethyl adjacent to an activating group) is 1. The molecule has 1 fully saturated rings. The summed E-state index contributed by atoms with van der Waals surface area (Å²) >= 11 is 0. The third-order valence-corrected chi connectivity index (χ3v) is 2.76. The van der Waals surface area contributed by atoms with E-state index in [1.165, 1.54) is 12.8 Å². The number of carbonyl (C=O) groups excluding carboxylic acids is 1. The van der Waals surface area contributed by atoms with Gasteiger partial charge in [0.2, 0.25) is 0 Å². The van der Waals surface area contributed by atoms with Crippen molar-refractivity contribution in [1.29, 1.82) is 0 Å². The van der Waals surface area contributed by atoms with Crippen LogP contribution in [0.2, 0.25) is 0 Å². The molecule has 1 rings (SSSR count). The Morgan fingerprint density at radius 3 is 2.80 bits per heavy atom. The standard InChI is InChI=1S/C11H22N2O2/c1-3-13(11(14)15-4-2)9-10-7-5-6-8-12-10/h10,12H,3-9H2,1-2H3. The lowest BCUT2D eigenvalue weighted by Gasteiger charge is -2.29. The van der Waals surface area contributed by atoms with E-state index >= 15 is 0 Å². The molecule has 0 aromatic rings. The number of nitrogens with one attached hydrogen (secondary N) is 1. The van der Waals surface area contributed by atoms with Crippen molar-refractivity contribution in [3.8, 4) is 0 Å². The molecule has 4 nitrogen and oxygen atoms in total. The summed E-state index contributed by atoms with van der Waals surface area (Å²) < 4.78 is 5.00. The maximum atomic E-state index is 11.5. The van der Waals surface area contributed by atoms with Crippen LogP contribution in [0.25, 0.3) is 0 Å². The van der Waals surface area contributed by atoms with Crippen molar-refractivity contribution in [3.05, 3.63) is 0 Å². The average molecular weight is 214 g/mol. The van der Waals surface area contributed by atoms with Gasteiger partial charge in [-0.3, -0.25) is 0 Å². The topological polar surface area (TPSA) is 41.6 Å². The highest BCUT2D eigenvalue weighted by molar-refractivity contribution is 5.67. The summed E-state index contributed by atoms with van der Waals surface area (Å²) in [6, 6.07) is 0.447. The monoisotopic (exact) mass is 214 g/mol. The summed E-state index contributed by atoms with van der Waals surface area (Å²) in [4.78, 5) is 13.3. The van der Waals surface area contributed by atoms with Gasteiger partial charge >= 0.3 is 6.09 Å². The van der Waals surface area contributed by atoms with Crippen molar-refractivity contribution >= 4 is 6.09 Å². The summed E-state index contributed by atoms with van der Waals surface area (Å²) in [5.41, 5.74) is 0. The van der Waals surface area contributed by atoms with Crippen molar-refractivity contribution in [3.63, 3.8) is 0 Å². The predicted molar refractivity (Wildman–Crippen MR) is 59.9 cm³/mol. The Morgan fingerprint density at radius 1 is 1.47 bits per heavy atom. The Balaban J connectivity index is 2.34. The molecule has 0 spiro atoms. The molecule has 1 unspecified atom stereocenters. The molecule has 1 heterocycles. The second kappa shape index (κ2) is 6.67. The number of hydrogen-bond acceptors (Lipinski definition) is 3. The first kappa shape index (κ1) is 12.3.